The normalized spacial score (nSPS) is 19.0. The molecule has 2 aromatic rings. The number of hydrogen-bond acceptors (Lipinski definition) is 4. The maximum Gasteiger partial charge on any atom is 0.179 e. The van der Waals surface area contributed by atoms with E-state index >= 15 is 0 Å². The molecule has 3 heterocycles. The first-order valence-corrected chi connectivity index (χ1v) is 6.47. The van der Waals surface area contributed by atoms with Crippen molar-refractivity contribution < 1.29 is 0 Å². The summed E-state index contributed by atoms with van der Waals surface area (Å²) in [5.74, 6) is 1.93. The van der Waals surface area contributed by atoms with Crippen molar-refractivity contribution in [3.63, 3.8) is 0 Å². The summed E-state index contributed by atoms with van der Waals surface area (Å²) in [4.78, 5) is 12.6. The van der Waals surface area contributed by atoms with Crippen LogP contribution < -0.4 is 10.6 Å². The van der Waals surface area contributed by atoms with Gasteiger partial charge in [0.1, 0.15) is 11.6 Å². The van der Waals surface area contributed by atoms with Crippen molar-refractivity contribution in [3.8, 4) is 0 Å². The van der Waals surface area contributed by atoms with Crippen LogP contribution in [0.5, 0.6) is 0 Å². The summed E-state index contributed by atoms with van der Waals surface area (Å²) in [6, 6.07) is 4.00. The lowest BCUT2D eigenvalue weighted by molar-refractivity contribution is 0.321. The molecular formula is C13H19N5. The summed E-state index contributed by atoms with van der Waals surface area (Å²) in [6.07, 6.45) is 2.23. The largest absolute Gasteiger partial charge is 0.373 e. The van der Waals surface area contributed by atoms with Gasteiger partial charge >= 0.3 is 0 Å². The van der Waals surface area contributed by atoms with E-state index in [4.69, 9.17) is 0 Å². The molecule has 3 N–H and O–H groups in total. The summed E-state index contributed by atoms with van der Waals surface area (Å²) in [5.41, 5.74) is 1.96. The number of fused-ring (bicyclic) bond motifs is 1. The van der Waals surface area contributed by atoms with E-state index in [1.54, 1.807) is 0 Å². The Morgan fingerprint density at radius 1 is 1.22 bits per heavy atom. The molecule has 0 unspecified atom stereocenters. The molecule has 0 saturated carbocycles. The molecule has 0 aromatic carbocycles. The van der Waals surface area contributed by atoms with Gasteiger partial charge in [-0.05, 0) is 38.1 Å². The van der Waals surface area contributed by atoms with Gasteiger partial charge in [-0.1, -0.05) is 6.92 Å². The minimum atomic E-state index is 0.145. The highest BCUT2D eigenvalue weighted by Gasteiger charge is 2.31. The van der Waals surface area contributed by atoms with E-state index < -0.39 is 0 Å². The highest BCUT2D eigenvalue weighted by Crippen LogP contribution is 2.31. The average Bonchev–Trinajstić information content (AvgIpc) is 2.83. The summed E-state index contributed by atoms with van der Waals surface area (Å²) in [6.45, 7) is 4.40. The van der Waals surface area contributed by atoms with Gasteiger partial charge in [0.15, 0.2) is 5.65 Å². The Labute approximate surface area is 106 Å². The second-order valence-corrected chi connectivity index (χ2v) is 5.21. The topological polar surface area (TPSA) is 65.6 Å². The number of nitrogens with one attached hydrogen (secondary N) is 3. The lowest BCUT2D eigenvalue weighted by Crippen LogP contribution is -2.38. The molecule has 96 valence electrons. The van der Waals surface area contributed by atoms with Crippen molar-refractivity contribution in [1.82, 2.24) is 20.3 Å². The third-order valence-electron chi connectivity index (χ3n) is 3.88. The lowest BCUT2D eigenvalue weighted by Gasteiger charge is -2.31. The highest BCUT2D eigenvalue weighted by atomic mass is 15.1. The lowest BCUT2D eigenvalue weighted by atomic mass is 9.80. The van der Waals surface area contributed by atoms with E-state index in [1.165, 1.54) is 0 Å². The van der Waals surface area contributed by atoms with Gasteiger partial charge in [-0.3, -0.25) is 0 Å². The van der Waals surface area contributed by atoms with Crippen LogP contribution in [0.4, 0.5) is 5.82 Å². The third kappa shape index (κ3) is 1.84. The summed E-state index contributed by atoms with van der Waals surface area (Å²) < 4.78 is 0. The van der Waals surface area contributed by atoms with Crippen LogP contribution in [-0.4, -0.2) is 35.1 Å². The number of H-pyrrole nitrogens is 1. The first-order chi connectivity index (χ1) is 8.71. The van der Waals surface area contributed by atoms with Gasteiger partial charge < -0.3 is 15.6 Å². The van der Waals surface area contributed by atoms with E-state index in [0.29, 0.717) is 0 Å². The molecule has 0 spiro atoms. The molecule has 1 aliphatic rings. The number of hydrogen-bond donors (Lipinski definition) is 3. The molecule has 0 amide bonds. The Morgan fingerprint density at radius 3 is 2.72 bits per heavy atom. The van der Waals surface area contributed by atoms with Crippen LogP contribution in [0.3, 0.4) is 0 Å². The van der Waals surface area contributed by atoms with Gasteiger partial charge in [-0.25, -0.2) is 9.97 Å². The quantitative estimate of drug-likeness (QED) is 0.752. The van der Waals surface area contributed by atoms with E-state index in [1.807, 2.05) is 19.2 Å². The van der Waals surface area contributed by atoms with Crippen molar-refractivity contribution >= 4 is 17.0 Å². The molecule has 5 heteroatoms. The van der Waals surface area contributed by atoms with Crippen LogP contribution in [0, 0.1) is 0 Å². The molecular weight excluding hydrogens is 226 g/mol. The van der Waals surface area contributed by atoms with Gasteiger partial charge in [0.25, 0.3) is 0 Å². The predicted octanol–water partition coefficient (Wildman–Crippen LogP) is 1.64. The monoisotopic (exact) mass is 245 g/mol. The Hall–Kier alpha value is -1.62. The molecule has 1 saturated heterocycles. The standard InChI is InChI=1S/C13H19N5/c1-13(5-7-15-8-6-13)12-16-9-3-4-10(14-2)17-11(9)18-12/h3-4,15H,5-8H2,1-2H3,(H2,14,16,17,18). The zero-order valence-electron chi connectivity index (χ0n) is 10.9. The Morgan fingerprint density at radius 2 is 2.00 bits per heavy atom. The number of nitrogens with zero attached hydrogens (tertiary/aromatic N) is 2. The molecule has 1 aliphatic heterocycles. The van der Waals surface area contributed by atoms with E-state index in [9.17, 15) is 0 Å². The number of aromatic amines is 1. The predicted molar refractivity (Wildman–Crippen MR) is 72.9 cm³/mol. The minimum absolute atomic E-state index is 0.145. The minimum Gasteiger partial charge on any atom is -0.373 e. The molecule has 3 rings (SSSR count). The van der Waals surface area contributed by atoms with Crippen LogP contribution in [-0.2, 0) is 5.41 Å². The second kappa shape index (κ2) is 4.24. The fourth-order valence-corrected chi connectivity index (χ4v) is 2.53. The molecule has 0 aliphatic carbocycles. The van der Waals surface area contributed by atoms with Crippen molar-refractivity contribution in [1.29, 1.82) is 0 Å². The number of imidazole rings is 1. The first kappa shape index (κ1) is 11.5. The first-order valence-electron chi connectivity index (χ1n) is 6.47. The molecule has 1 fully saturated rings. The van der Waals surface area contributed by atoms with E-state index in [0.717, 1.165) is 48.7 Å². The second-order valence-electron chi connectivity index (χ2n) is 5.21. The van der Waals surface area contributed by atoms with Gasteiger partial charge in [-0.2, -0.15) is 0 Å². The number of aromatic nitrogens is 3. The Bertz CT molecular complexity index is 554. The van der Waals surface area contributed by atoms with E-state index in [2.05, 4.69) is 32.5 Å². The maximum absolute atomic E-state index is 4.68. The fourth-order valence-electron chi connectivity index (χ4n) is 2.53. The van der Waals surface area contributed by atoms with Crippen molar-refractivity contribution in [2.75, 3.05) is 25.5 Å². The van der Waals surface area contributed by atoms with Gasteiger partial charge in [0.05, 0.1) is 5.52 Å². The molecule has 0 radical (unpaired) electrons. The fraction of sp³-hybridized carbons (Fsp3) is 0.538. The summed E-state index contributed by atoms with van der Waals surface area (Å²) in [7, 11) is 1.87. The zero-order valence-corrected chi connectivity index (χ0v) is 10.9. The molecule has 18 heavy (non-hydrogen) atoms. The van der Waals surface area contributed by atoms with Crippen molar-refractivity contribution in [2.45, 2.75) is 25.2 Å². The molecule has 5 nitrogen and oxygen atoms in total. The number of piperidine rings is 1. The van der Waals surface area contributed by atoms with Crippen LogP contribution in [0.1, 0.15) is 25.6 Å². The van der Waals surface area contributed by atoms with Crippen LogP contribution >= 0.6 is 0 Å². The maximum atomic E-state index is 4.68. The average molecular weight is 245 g/mol. The SMILES string of the molecule is CNc1ccc2[nH]c(C3(C)CCNCC3)nc2n1. The smallest absolute Gasteiger partial charge is 0.179 e. The Kier molecular flexibility index (Phi) is 2.70. The highest BCUT2D eigenvalue weighted by molar-refractivity contribution is 5.73. The van der Waals surface area contributed by atoms with Gasteiger partial charge in [0, 0.05) is 12.5 Å². The van der Waals surface area contributed by atoms with Crippen molar-refractivity contribution in [2.24, 2.45) is 0 Å². The zero-order chi connectivity index (χ0) is 12.6. The summed E-state index contributed by atoms with van der Waals surface area (Å²) in [5, 5.41) is 6.44. The summed E-state index contributed by atoms with van der Waals surface area (Å²) >= 11 is 0. The third-order valence-corrected chi connectivity index (χ3v) is 3.88. The molecule has 2 aromatic heterocycles. The van der Waals surface area contributed by atoms with Crippen LogP contribution in [0.25, 0.3) is 11.2 Å². The number of rotatable bonds is 2. The number of pyridine rings is 1. The van der Waals surface area contributed by atoms with E-state index in [-0.39, 0.29) is 5.41 Å². The Balaban J connectivity index is 2.02. The number of anilines is 1. The molecule has 0 bridgehead atoms. The van der Waals surface area contributed by atoms with Crippen molar-refractivity contribution in [3.05, 3.63) is 18.0 Å². The van der Waals surface area contributed by atoms with Gasteiger partial charge in [-0.15, -0.1) is 0 Å². The molecule has 0 atom stereocenters. The van der Waals surface area contributed by atoms with Crippen LogP contribution in [0.15, 0.2) is 12.1 Å². The van der Waals surface area contributed by atoms with Crippen LogP contribution in [0.2, 0.25) is 0 Å². The van der Waals surface area contributed by atoms with Gasteiger partial charge in [0.2, 0.25) is 0 Å².